The van der Waals surface area contributed by atoms with Crippen molar-refractivity contribution in [2.45, 2.75) is 24.6 Å². The quantitative estimate of drug-likeness (QED) is 0.325. The van der Waals surface area contributed by atoms with Gasteiger partial charge < -0.3 is 20.1 Å². The minimum absolute atomic E-state index is 0.135. The monoisotopic (exact) mass is 521 g/mol. The van der Waals surface area contributed by atoms with Gasteiger partial charge in [-0.25, -0.2) is 0 Å². The first-order valence-electron chi connectivity index (χ1n) is 9.39. The summed E-state index contributed by atoms with van der Waals surface area (Å²) in [6.07, 6.45) is -0.685. The van der Waals surface area contributed by atoms with E-state index in [1.807, 2.05) is 24.3 Å². The SMILES string of the molecule is NC(C=Cc1ccc(OCCCc2cccc(Br)c2)c(C(F)(F)F)c1)(CO)CO[PH2]=O. The van der Waals surface area contributed by atoms with Crippen LogP contribution in [0.3, 0.4) is 0 Å². The lowest BCUT2D eigenvalue weighted by Gasteiger charge is -2.21. The summed E-state index contributed by atoms with van der Waals surface area (Å²) in [5, 5.41) is 9.38. The smallest absolute Gasteiger partial charge is 0.419 e. The highest BCUT2D eigenvalue weighted by Crippen LogP contribution is 2.37. The fourth-order valence-electron chi connectivity index (χ4n) is 2.75. The summed E-state index contributed by atoms with van der Waals surface area (Å²) in [6.45, 7) is -0.603. The summed E-state index contributed by atoms with van der Waals surface area (Å²) >= 11 is 3.38. The number of aryl methyl sites for hydroxylation is 1. The maximum atomic E-state index is 13.5. The molecule has 0 bridgehead atoms. The fourth-order valence-corrected chi connectivity index (χ4v) is 3.57. The second-order valence-electron chi connectivity index (χ2n) is 6.97. The van der Waals surface area contributed by atoms with Gasteiger partial charge in [0.25, 0.3) is 0 Å². The third kappa shape index (κ3) is 8.43. The summed E-state index contributed by atoms with van der Waals surface area (Å²) in [5.74, 6) is -0.252. The highest BCUT2D eigenvalue weighted by molar-refractivity contribution is 9.10. The number of benzene rings is 2. The van der Waals surface area contributed by atoms with Crippen LogP contribution in [0.5, 0.6) is 5.75 Å². The van der Waals surface area contributed by atoms with E-state index in [0.29, 0.717) is 12.8 Å². The Bertz CT molecular complexity index is 910. The largest absolute Gasteiger partial charge is 0.493 e. The molecule has 0 spiro atoms. The minimum Gasteiger partial charge on any atom is -0.493 e. The standard InChI is InChI=1S/C21H24BrF3NO4P/c22-17-5-1-3-15(11-17)4-2-10-29-19-7-6-16(12-18(19)21(23,24)25)8-9-20(26,13-27)14-30-31-28/h1,3,5-9,11-12,27H,2,4,10,13-14,26,31H2. The molecule has 3 N–H and O–H groups in total. The molecule has 2 atom stereocenters. The molecule has 0 aliphatic heterocycles. The molecular weight excluding hydrogens is 498 g/mol. The Morgan fingerprint density at radius 2 is 1.97 bits per heavy atom. The number of hydrogen-bond acceptors (Lipinski definition) is 5. The summed E-state index contributed by atoms with van der Waals surface area (Å²) < 4.78 is 62.2. The predicted molar refractivity (Wildman–Crippen MR) is 119 cm³/mol. The molecule has 0 fully saturated rings. The van der Waals surface area contributed by atoms with Crippen LogP contribution in [-0.4, -0.2) is 30.5 Å². The molecule has 0 radical (unpaired) electrons. The lowest BCUT2D eigenvalue weighted by molar-refractivity contribution is -0.139. The van der Waals surface area contributed by atoms with E-state index in [1.54, 1.807) is 0 Å². The van der Waals surface area contributed by atoms with Gasteiger partial charge in [-0.1, -0.05) is 46.3 Å². The second kappa shape index (κ2) is 11.8. The molecule has 170 valence electrons. The van der Waals surface area contributed by atoms with Crippen molar-refractivity contribution >= 4 is 30.7 Å². The van der Waals surface area contributed by atoms with Crippen LogP contribution >= 0.6 is 24.6 Å². The summed E-state index contributed by atoms with van der Waals surface area (Å²) in [4.78, 5) is 0. The van der Waals surface area contributed by atoms with Gasteiger partial charge in [0.05, 0.1) is 30.9 Å². The van der Waals surface area contributed by atoms with E-state index in [4.69, 9.17) is 15.0 Å². The highest BCUT2D eigenvalue weighted by atomic mass is 79.9. The van der Waals surface area contributed by atoms with Gasteiger partial charge in [0.1, 0.15) is 5.75 Å². The van der Waals surface area contributed by atoms with Crippen LogP contribution in [0.25, 0.3) is 6.08 Å². The van der Waals surface area contributed by atoms with Crippen molar-refractivity contribution in [3.05, 3.63) is 69.7 Å². The van der Waals surface area contributed by atoms with Crippen molar-refractivity contribution in [3.63, 3.8) is 0 Å². The first-order chi connectivity index (χ1) is 14.7. The molecule has 10 heteroatoms. The van der Waals surface area contributed by atoms with Gasteiger partial charge in [0.15, 0.2) is 8.69 Å². The van der Waals surface area contributed by atoms with E-state index < -0.39 is 32.6 Å². The van der Waals surface area contributed by atoms with Gasteiger partial charge in [-0.3, -0.25) is 4.57 Å². The Kier molecular flexibility index (Phi) is 9.78. The highest BCUT2D eigenvalue weighted by Gasteiger charge is 2.34. The van der Waals surface area contributed by atoms with Crippen molar-refractivity contribution in [2.75, 3.05) is 19.8 Å². The second-order valence-corrected chi connectivity index (χ2v) is 8.41. The molecule has 2 unspecified atom stereocenters. The first-order valence-corrected chi connectivity index (χ1v) is 11.1. The lowest BCUT2D eigenvalue weighted by Crippen LogP contribution is -2.45. The number of halogens is 4. The third-order valence-electron chi connectivity index (χ3n) is 4.39. The number of ether oxygens (including phenoxy) is 1. The Hall–Kier alpha value is -1.64. The normalized spacial score (nSPS) is 14.4. The van der Waals surface area contributed by atoms with Gasteiger partial charge >= 0.3 is 6.18 Å². The molecule has 0 saturated heterocycles. The Labute approximate surface area is 188 Å². The van der Waals surface area contributed by atoms with Crippen LogP contribution in [-0.2, 0) is 21.7 Å². The molecule has 2 rings (SSSR count). The number of rotatable bonds is 11. The van der Waals surface area contributed by atoms with Crippen LogP contribution in [0.2, 0.25) is 0 Å². The Morgan fingerprint density at radius 3 is 2.61 bits per heavy atom. The van der Waals surface area contributed by atoms with E-state index in [0.717, 1.165) is 16.1 Å². The summed E-state index contributed by atoms with van der Waals surface area (Å²) in [5.41, 5.74) is 4.93. The zero-order chi connectivity index (χ0) is 22.9. The maximum Gasteiger partial charge on any atom is 0.419 e. The number of nitrogens with two attached hydrogens (primary N) is 1. The molecule has 0 aromatic heterocycles. The number of hydrogen-bond donors (Lipinski definition) is 2. The minimum atomic E-state index is -4.60. The van der Waals surface area contributed by atoms with E-state index >= 15 is 0 Å². The Morgan fingerprint density at radius 1 is 1.19 bits per heavy atom. The molecule has 0 saturated carbocycles. The molecule has 0 amide bonds. The van der Waals surface area contributed by atoms with Gasteiger partial charge in [-0.15, -0.1) is 0 Å². The van der Waals surface area contributed by atoms with Crippen molar-refractivity contribution in [2.24, 2.45) is 5.73 Å². The average molecular weight is 522 g/mol. The molecular formula is C21H24BrF3NO4P. The van der Waals surface area contributed by atoms with E-state index in [1.165, 1.54) is 24.3 Å². The van der Waals surface area contributed by atoms with Crippen molar-refractivity contribution in [3.8, 4) is 5.75 Å². The lowest BCUT2D eigenvalue weighted by atomic mass is 10.0. The van der Waals surface area contributed by atoms with Crippen LogP contribution in [0, 0.1) is 0 Å². The van der Waals surface area contributed by atoms with Gasteiger partial charge in [0.2, 0.25) is 0 Å². The molecule has 31 heavy (non-hydrogen) atoms. The zero-order valence-electron chi connectivity index (χ0n) is 16.6. The number of aliphatic hydroxyl groups is 1. The molecule has 0 heterocycles. The maximum absolute atomic E-state index is 13.5. The van der Waals surface area contributed by atoms with Crippen LogP contribution in [0.15, 0.2) is 53.0 Å². The number of alkyl halides is 3. The van der Waals surface area contributed by atoms with Gasteiger partial charge in [-0.2, -0.15) is 13.2 Å². The Balaban J connectivity index is 2.08. The third-order valence-corrected chi connectivity index (χ3v) is 5.18. The van der Waals surface area contributed by atoms with Crippen molar-refractivity contribution in [1.29, 1.82) is 0 Å². The molecule has 0 aliphatic carbocycles. The zero-order valence-corrected chi connectivity index (χ0v) is 19.3. The van der Waals surface area contributed by atoms with Crippen LogP contribution < -0.4 is 10.5 Å². The summed E-state index contributed by atoms with van der Waals surface area (Å²) in [6, 6.07) is 11.4. The number of aliphatic hydroxyl groups excluding tert-OH is 1. The first kappa shape index (κ1) is 25.6. The summed E-state index contributed by atoms with van der Waals surface area (Å²) in [7, 11) is -1.51. The van der Waals surface area contributed by atoms with Crippen molar-refractivity contribution < 1.29 is 32.1 Å². The fraction of sp³-hybridized carbons (Fsp3) is 0.333. The molecule has 2 aromatic rings. The molecule has 5 nitrogen and oxygen atoms in total. The van der Waals surface area contributed by atoms with Gasteiger partial charge in [0, 0.05) is 4.47 Å². The van der Waals surface area contributed by atoms with Crippen LogP contribution in [0.1, 0.15) is 23.1 Å². The van der Waals surface area contributed by atoms with Crippen LogP contribution in [0.4, 0.5) is 13.2 Å². The predicted octanol–water partition coefficient (Wildman–Crippen LogP) is 4.87. The average Bonchev–Trinajstić information content (AvgIpc) is 2.73. The van der Waals surface area contributed by atoms with Crippen molar-refractivity contribution in [1.82, 2.24) is 0 Å². The molecule has 2 aromatic carbocycles. The topological polar surface area (TPSA) is 81.8 Å². The van der Waals surface area contributed by atoms with Gasteiger partial charge in [-0.05, 0) is 48.2 Å². The van der Waals surface area contributed by atoms with E-state index in [2.05, 4.69) is 15.9 Å². The van der Waals surface area contributed by atoms with E-state index in [9.17, 15) is 22.8 Å². The molecule has 0 aliphatic rings. The van der Waals surface area contributed by atoms with E-state index in [-0.39, 0.29) is 24.5 Å².